The van der Waals surface area contributed by atoms with Gasteiger partial charge in [0.2, 0.25) is 0 Å². The molecule has 0 aliphatic rings. The van der Waals surface area contributed by atoms with E-state index in [9.17, 15) is 14.4 Å². The van der Waals surface area contributed by atoms with E-state index in [0.29, 0.717) is 19.3 Å². The number of hydrogen-bond donors (Lipinski definition) is 0. The SMILES string of the molecule is CC/C=C\C/C=C\C/C=C\C/C=C\CCCCCCCCCCCCCCC(=O)OCC(COC(=O)CCCCCCC/C=C\C/C=C\CCCC)OC(=O)CCCCCCC/C=C\C/C=C\CCCC. The molecule has 0 aliphatic carbocycles. The molecule has 0 spiro atoms. The number of carbonyl (C=O) groups is 3. The Hall–Kier alpha value is -3.67. The van der Waals surface area contributed by atoms with Gasteiger partial charge in [-0.2, -0.15) is 0 Å². The maximum atomic E-state index is 12.8. The molecule has 71 heavy (non-hydrogen) atoms. The first-order valence-corrected chi connectivity index (χ1v) is 29.7. The van der Waals surface area contributed by atoms with Crippen molar-refractivity contribution in [2.75, 3.05) is 13.2 Å². The summed E-state index contributed by atoms with van der Waals surface area (Å²) in [5.41, 5.74) is 0. The third kappa shape index (κ3) is 57.1. The standard InChI is InChI=1S/C65H110O6/c1-4-7-10-13-16-19-22-25-28-29-30-31-32-33-34-35-36-37-38-41-43-46-49-52-55-58-64(67)70-61-62(71-65(68)59-56-53-50-47-44-40-27-24-21-18-15-12-9-6-3)60-69-63(66)57-54-51-48-45-42-39-26-23-20-17-14-11-8-5-2/h7,10,14-19,23-28,30-31,62H,4-6,8-9,11-13,20-22,29,32-61H2,1-3H3/b10-7-,17-14-,18-15-,19-16-,26-23-,27-24-,28-25-,31-30-. The van der Waals surface area contributed by atoms with Crippen LogP contribution in [0.15, 0.2) is 97.2 Å². The molecule has 0 N–H and O–H groups in total. The molecule has 0 bridgehead atoms. The van der Waals surface area contributed by atoms with Crippen molar-refractivity contribution in [3.05, 3.63) is 97.2 Å². The Kier molecular flexibility index (Phi) is 55.9. The summed E-state index contributed by atoms with van der Waals surface area (Å²) in [7, 11) is 0. The average Bonchev–Trinajstić information content (AvgIpc) is 3.37. The largest absolute Gasteiger partial charge is 0.462 e. The molecule has 1 unspecified atom stereocenters. The second kappa shape index (κ2) is 58.9. The summed E-state index contributed by atoms with van der Waals surface area (Å²) >= 11 is 0. The van der Waals surface area contributed by atoms with Crippen LogP contribution >= 0.6 is 0 Å². The summed E-state index contributed by atoms with van der Waals surface area (Å²) in [6.07, 6.45) is 78.3. The number of unbranched alkanes of at least 4 members (excludes halogenated alkanes) is 26. The van der Waals surface area contributed by atoms with Crippen molar-refractivity contribution in [3.63, 3.8) is 0 Å². The molecule has 0 saturated heterocycles. The lowest BCUT2D eigenvalue weighted by atomic mass is 10.0. The minimum Gasteiger partial charge on any atom is -0.462 e. The second-order valence-corrected chi connectivity index (χ2v) is 19.5. The minimum atomic E-state index is -0.792. The Morgan fingerprint density at radius 2 is 0.549 bits per heavy atom. The number of allylic oxidation sites excluding steroid dienone is 16. The van der Waals surface area contributed by atoms with Gasteiger partial charge in [0, 0.05) is 19.3 Å². The highest BCUT2D eigenvalue weighted by Crippen LogP contribution is 2.15. The predicted octanol–water partition coefficient (Wildman–Crippen LogP) is 20.1. The van der Waals surface area contributed by atoms with E-state index in [1.54, 1.807) is 0 Å². The summed E-state index contributed by atoms with van der Waals surface area (Å²) in [4.78, 5) is 38.2. The Bertz CT molecular complexity index is 1410. The van der Waals surface area contributed by atoms with E-state index >= 15 is 0 Å². The lowest BCUT2D eigenvalue weighted by Crippen LogP contribution is -2.30. The Labute approximate surface area is 438 Å². The summed E-state index contributed by atoms with van der Waals surface area (Å²) < 4.78 is 16.9. The van der Waals surface area contributed by atoms with Crippen molar-refractivity contribution in [3.8, 4) is 0 Å². The van der Waals surface area contributed by atoms with Crippen molar-refractivity contribution in [1.29, 1.82) is 0 Å². The summed E-state index contributed by atoms with van der Waals surface area (Å²) in [6, 6.07) is 0. The zero-order chi connectivity index (χ0) is 51.4. The first-order chi connectivity index (χ1) is 35.0. The molecule has 0 radical (unpaired) electrons. The number of esters is 3. The van der Waals surface area contributed by atoms with Gasteiger partial charge in [-0.3, -0.25) is 14.4 Å². The Morgan fingerprint density at radius 3 is 0.859 bits per heavy atom. The lowest BCUT2D eigenvalue weighted by molar-refractivity contribution is -0.167. The van der Waals surface area contributed by atoms with Gasteiger partial charge in [-0.15, -0.1) is 0 Å². The minimum absolute atomic E-state index is 0.0885. The smallest absolute Gasteiger partial charge is 0.306 e. The first-order valence-electron chi connectivity index (χ1n) is 29.7. The summed E-state index contributed by atoms with van der Waals surface area (Å²) in [5, 5.41) is 0. The monoisotopic (exact) mass is 987 g/mol. The van der Waals surface area contributed by atoms with Crippen molar-refractivity contribution in [2.24, 2.45) is 0 Å². The third-order valence-electron chi connectivity index (χ3n) is 12.5. The average molecular weight is 988 g/mol. The van der Waals surface area contributed by atoms with Crippen molar-refractivity contribution in [2.45, 2.75) is 284 Å². The number of rotatable bonds is 53. The van der Waals surface area contributed by atoms with Gasteiger partial charge in [0.1, 0.15) is 13.2 Å². The van der Waals surface area contributed by atoms with Crippen molar-refractivity contribution >= 4 is 17.9 Å². The van der Waals surface area contributed by atoms with Gasteiger partial charge in [0.15, 0.2) is 6.10 Å². The maximum absolute atomic E-state index is 12.8. The van der Waals surface area contributed by atoms with Crippen molar-refractivity contribution < 1.29 is 28.6 Å². The zero-order valence-corrected chi connectivity index (χ0v) is 46.5. The maximum Gasteiger partial charge on any atom is 0.306 e. The van der Waals surface area contributed by atoms with Crippen LogP contribution in [0.3, 0.4) is 0 Å². The summed E-state index contributed by atoms with van der Waals surface area (Å²) in [6.45, 7) is 6.43. The second-order valence-electron chi connectivity index (χ2n) is 19.5. The molecule has 0 aliphatic heterocycles. The Balaban J connectivity index is 4.32. The molecule has 1 atom stereocenters. The molecule has 0 rings (SSSR count). The van der Waals surface area contributed by atoms with E-state index in [1.165, 1.54) is 103 Å². The molecule has 6 nitrogen and oxygen atoms in total. The van der Waals surface area contributed by atoms with Crippen LogP contribution in [0.5, 0.6) is 0 Å². The van der Waals surface area contributed by atoms with Gasteiger partial charge in [-0.1, -0.05) is 246 Å². The quantitative estimate of drug-likeness (QED) is 0.0261. The fourth-order valence-electron chi connectivity index (χ4n) is 8.06. The summed E-state index contributed by atoms with van der Waals surface area (Å²) in [5.74, 6) is -0.914. The first kappa shape index (κ1) is 67.3. The van der Waals surface area contributed by atoms with E-state index in [1.807, 2.05) is 0 Å². The molecule has 0 heterocycles. The van der Waals surface area contributed by atoms with Crippen LogP contribution in [0, 0.1) is 0 Å². The molecule has 0 saturated carbocycles. The highest BCUT2D eigenvalue weighted by atomic mass is 16.6. The van der Waals surface area contributed by atoms with Crippen LogP contribution in [0.25, 0.3) is 0 Å². The molecular formula is C65H110O6. The van der Waals surface area contributed by atoms with Gasteiger partial charge in [-0.25, -0.2) is 0 Å². The van der Waals surface area contributed by atoms with Crippen LogP contribution in [-0.4, -0.2) is 37.2 Å². The molecule has 0 fully saturated rings. The van der Waals surface area contributed by atoms with E-state index in [0.717, 1.165) is 135 Å². The molecule has 0 aromatic carbocycles. The third-order valence-corrected chi connectivity index (χ3v) is 12.5. The number of carbonyl (C=O) groups excluding carboxylic acids is 3. The van der Waals surface area contributed by atoms with Crippen LogP contribution in [0.2, 0.25) is 0 Å². The zero-order valence-electron chi connectivity index (χ0n) is 46.5. The van der Waals surface area contributed by atoms with Gasteiger partial charge < -0.3 is 14.2 Å². The Morgan fingerprint density at radius 1 is 0.296 bits per heavy atom. The molecule has 0 aromatic rings. The normalized spacial score (nSPS) is 12.8. The van der Waals surface area contributed by atoms with E-state index in [4.69, 9.17) is 14.2 Å². The van der Waals surface area contributed by atoms with Gasteiger partial charge >= 0.3 is 17.9 Å². The van der Waals surface area contributed by atoms with E-state index in [2.05, 4.69) is 118 Å². The molecule has 0 aromatic heterocycles. The highest BCUT2D eigenvalue weighted by Gasteiger charge is 2.19. The topological polar surface area (TPSA) is 78.9 Å². The van der Waals surface area contributed by atoms with E-state index in [-0.39, 0.29) is 31.1 Å². The van der Waals surface area contributed by atoms with Crippen LogP contribution in [-0.2, 0) is 28.6 Å². The number of hydrogen-bond acceptors (Lipinski definition) is 6. The number of ether oxygens (including phenoxy) is 3. The van der Waals surface area contributed by atoms with Gasteiger partial charge in [-0.05, 0) is 109 Å². The fourth-order valence-corrected chi connectivity index (χ4v) is 8.06. The lowest BCUT2D eigenvalue weighted by Gasteiger charge is -2.18. The molecule has 0 amide bonds. The van der Waals surface area contributed by atoms with Crippen LogP contribution < -0.4 is 0 Å². The van der Waals surface area contributed by atoms with Crippen LogP contribution in [0.4, 0.5) is 0 Å². The van der Waals surface area contributed by atoms with E-state index < -0.39 is 6.10 Å². The molecule has 6 heteroatoms. The van der Waals surface area contributed by atoms with Gasteiger partial charge in [0.25, 0.3) is 0 Å². The van der Waals surface area contributed by atoms with Crippen LogP contribution in [0.1, 0.15) is 278 Å². The molecular weight excluding hydrogens is 877 g/mol. The molecule has 406 valence electrons. The van der Waals surface area contributed by atoms with Gasteiger partial charge in [0.05, 0.1) is 0 Å². The highest BCUT2D eigenvalue weighted by molar-refractivity contribution is 5.71. The van der Waals surface area contributed by atoms with Crippen molar-refractivity contribution in [1.82, 2.24) is 0 Å². The fraction of sp³-hybridized carbons (Fsp3) is 0.708. The predicted molar refractivity (Wildman–Crippen MR) is 307 cm³/mol.